The van der Waals surface area contributed by atoms with Gasteiger partial charge in [-0.1, -0.05) is 37.3 Å². The lowest BCUT2D eigenvalue weighted by Gasteiger charge is -2.46. The molecule has 16 heteroatoms. The minimum absolute atomic E-state index is 0.0180. The number of aromatic nitrogens is 2. The number of carboxylic acids is 1. The molecule has 3 heterocycles. The van der Waals surface area contributed by atoms with Crippen LogP contribution >= 0.6 is 0 Å². The number of phenols is 2. The highest BCUT2D eigenvalue weighted by Gasteiger charge is 2.58. The quantitative estimate of drug-likeness (QED) is 0.0767. The molecule has 4 aromatic rings. The van der Waals surface area contributed by atoms with Gasteiger partial charge in [-0.25, -0.2) is 9.78 Å². The largest absolute Gasteiger partial charge is 0.508 e. The van der Waals surface area contributed by atoms with E-state index in [4.69, 9.17) is 15.2 Å². The molecule has 3 aromatic carbocycles. The van der Waals surface area contributed by atoms with Gasteiger partial charge in [-0.2, -0.15) is 0 Å². The van der Waals surface area contributed by atoms with Crippen molar-refractivity contribution in [2.75, 3.05) is 11.5 Å². The number of carbonyl (C=O) groups excluding carboxylic acids is 1. The van der Waals surface area contributed by atoms with Gasteiger partial charge in [-0.3, -0.25) is 9.69 Å². The van der Waals surface area contributed by atoms with E-state index >= 15 is 0 Å². The molecule has 0 radical (unpaired) electrons. The molecule has 16 nitrogen and oxygen atoms in total. The van der Waals surface area contributed by atoms with E-state index in [0.717, 1.165) is 52.7 Å². The number of aliphatic carboxylic acids is 1. The van der Waals surface area contributed by atoms with E-state index in [2.05, 4.69) is 16.0 Å². The zero-order chi connectivity index (χ0) is 42.7. The number of carbonyl (C=O) groups is 2. The summed E-state index contributed by atoms with van der Waals surface area (Å²) in [5, 5.41) is 85.8. The standard InChI is InChI=1S/C44H50N4O12/c1-2-29-30(47-21-46-29)16-24-15-22(7-12-32(24)50)8-14-37(52)48-31-18-34(59-44(58)41(55)40(54)39(53)35(20-49)60-44)33(51)17-26(31)27(38(48)42(56)57)19-43-25(11-13-36(43)45)10-9-23-5-3-4-6-28(23)43/h3-8,12,14-15,17-18,21,25,27,35-36,38-41,49-51,53-55,58H,2,9-11,13,16,19-20,45H2,1H3,(H,46,47)(H,56,57)/b14-8+/t25-,27+,35+,36-,38+,39+,40-,41+,43+,44-/m0/s1. The molecule has 4 aliphatic rings. The van der Waals surface area contributed by atoms with Crippen molar-refractivity contribution in [1.82, 2.24) is 9.97 Å². The number of hydrogen-bond acceptors (Lipinski definition) is 13. The Bertz CT molecular complexity index is 2310. The van der Waals surface area contributed by atoms with Crippen LogP contribution in [-0.4, -0.2) is 112 Å². The van der Waals surface area contributed by atoms with Crippen molar-refractivity contribution in [3.05, 3.63) is 106 Å². The van der Waals surface area contributed by atoms with Crippen molar-refractivity contribution >= 4 is 23.6 Å². The average Bonchev–Trinajstić information content (AvgIpc) is 3.92. The van der Waals surface area contributed by atoms with Gasteiger partial charge in [0.2, 0.25) is 0 Å². The van der Waals surface area contributed by atoms with E-state index in [1.165, 1.54) is 24.3 Å². The molecule has 10 atom stereocenters. The number of nitrogens with one attached hydrogen (secondary N) is 1. The van der Waals surface area contributed by atoms with Crippen LogP contribution in [0.15, 0.2) is 67.0 Å². The normalized spacial score (nSPS) is 30.9. The summed E-state index contributed by atoms with van der Waals surface area (Å²) in [5.41, 5.74) is 11.6. The molecule has 1 amide bonds. The molecular weight excluding hydrogens is 776 g/mol. The van der Waals surface area contributed by atoms with Gasteiger partial charge in [0.15, 0.2) is 17.6 Å². The van der Waals surface area contributed by atoms with Crippen molar-refractivity contribution in [3.8, 4) is 17.2 Å². The number of nitrogens with two attached hydrogens (primary N) is 1. The van der Waals surface area contributed by atoms with Crippen LogP contribution in [0.25, 0.3) is 6.08 Å². The second kappa shape index (κ2) is 15.9. The maximum atomic E-state index is 14.6. The summed E-state index contributed by atoms with van der Waals surface area (Å²) < 4.78 is 10.9. The van der Waals surface area contributed by atoms with Gasteiger partial charge < -0.3 is 61.0 Å². The van der Waals surface area contributed by atoms with E-state index in [-0.39, 0.29) is 29.8 Å². The van der Waals surface area contributed by atoms with Crippen LogP contribution in [-0.2, 0) is 39.0 Å². The summed E-state index contributed by atoms with van der Waals surface area (Å²) in [5.74, 6) is -7.12. The molecule has 1 aromatic heterocycles. The third-order valence-electron chi connectivity index (χ3n) is 13.2. The Morgan fingerprint density at radius 3 is 2.58 bits per heavy atom. The summed E-state index contributed by atoms with van der Waals surface area (Å²) in [4.78, 5) is 36.7. The first-order chi connectivity index (χ1) is 28.7. The number of ether oxygens (including phenoxy) is 2. The van der Waals surface area contributed by atoms with Crippen molar-refractivity contribution in [3.63, 3.8) is 0 Å². The number of amides is 1. The van der Waals surface area contributed by atoms with Crippen LogP contribution in [0.3, 0.4) is 0 Å². The molecule has 2 aliphatic heterocycles. The Morgan fingerprint density at radius 2 is 1.83 bits per heavy atom. The predicted molar refractivity (Wildman–Crippen MR) is 215 cm³/mol. The number of aliphatic hydroxyl groups is 5. The number of carboxylic acid groups (broad SMARTS) is 1. The molecule has 8 rings (SSSR count). The Kier molecular flexibility index (Phi) is 11.0. The van der Waals surface area contributed by atoms with Crippen molar-refractivity contribution in [2.24, 2.45) is 11.7 Å². The topological polar surface area (TPSA) is 272 Å². The number of hydrogen-bond donors (Lipinski definition) is 10. The van der Waals surface area contributed by atoms with E-state index in [9.17, 15) is 50.4 Å². The van der Waals surface area contributed by atoms with Crippen LogP contribution < -0.4 is 15.4 Å². The minimum Gasteiger partial charge on any atom is -0.508 e. The van der Waals surface area contributed by atoms with Gasteiger partial charge >= 0.3 is 11.9 Å². The molecule has 2 fully saturated rings. The summed E-state index contributed by atoms with van der Waals surface area (Å²) in [6.07, 6.45) is 1.01. The van der Waals surface area contributed by atoms with Crippen LogP contribution in [0.5, 0.6) is 17.2 Å². The van der Waals surface area contributed by atoms with Gasteiger partial charge in [0.25, 0.3) is 5.91 Å². The molecule has 1 saturated heterocycles. The number of H-pyrrole nitrogens is 1. The average molecular weight is 827 g/mol. The number of aromatic amines is 1. The van der Waals surface area contributed by atoms with Gasteiger partial charge in [-0.05, 0) is 91.0 Å². The molecule has 0 spiro atoms. The number of benzene rings is 3. The molecule has 1 saturated carbocycles. The Labute approximate surface area is 345 Å². The fraction of sp³-hybridized carbons (Fsp3) is 0.432. The number of nitrogens with zero attached hydrogens (tertiary/aromatic N) is 2. The monoisotopic (exact) mass is 826 g/mol. The first-order valence-electron chi connectivity index (χ1n) is 20.2. The highest BCUT2D eigenvalue weighted by atomic mass is 16.8. The summed E-state index contributed by atoms with van der Waals surface area (Å²) in [6, 6.07) is 13.4. The molecule has 11 N–H and O–H groups in total. The predicted octanol–water partition coefficient (Wildman–Crippen LogP) is 2.08. The first-order valence-corrected chi connectivity index (χ1v) is 20.2. The zero-order valence-electron chi connectivity index (χ0n) is 32.9. The third kappa shape index (κ3) is 6.91. The number of fused-ring (bicyclic) bond motifs is 4. The Morgan fingerprint density at radius 1 is 1.05 bits per heavy atom. The summed E-state index contributed by atoms with van der Waals surface area (Å²) in [6.45, 7) is 1.08. The van der Waals surface area contributed by atoms with Crippen LogP contribution in [0.4, 0.5) is 5.69 Å². The maximum Gasteiger partial charge on any atom is 0.355 e. The molecule has 0 bridgehead atoms. The number of aromatic hydroxyl groups is 2. The second-order valence-corrected chi connectivity index (χ2v) is 16.4. The van der Waals surface area contributed by atoms with Crippen LogP contribution in [0.2, 0.25) is 0 Å². The van der Waals surface area contributed by atoms with Crippen molar-refractivity contribution < 1.29 is 59.9 Å². The molecule has 0 unspecified atom stereocenters. The Balaban J connectivity index is 1.21. The number of imidazole rings is 1. The zero-order valence-corrected chi connectivity index (χ0v) is 32.9. The fourth-order valence-corrected chi connectivity index (χ4v) is 10.2. The number of anilines is 1. The van der Waals surface area contributed by atoms with Crippen molar-refractivity contribution in [2.45, 2.75) is 106 Å². The minimum atomic E-state index is -3.12. The van der Waals surface area contributed by atoms with Gasteiger partial charge in [0, 0.05) is 47.2 Å². The highest BCUT2D eigenvalue weighted by molar-refractivity contribution is 6.10. The number of phenolic OH excluding ortho intramolecular Hbond substituents is 2. The lowest BCUT2D eigenvalue weighted by atomic mass is 9.59. The van der Waals surface area contributed by atoms with E-state index in [1.54, 1.807) is 18.5 Å². The van der Waals surface area contributed by atoms with E-state index in [0.29, 0.717) is 36.0 Å². The van der Waals surface area contributed by atoms with E-state index < -0.39 is 77.7 Å². The maximum absolute atomic E-state index is 14.6. The van der Waals surface area contributed by atoms with Gasteiger partial charge in [0.1, 0.15) is 30.1 Å². The summed E-state index contributed by atoms with van der Waals surface area (Å²) in [7, 11) is 0. The Hall–Kier alpha value is -5.33. The molecule has 2 aliphatic carbocycles. The van der Waals surface area contributed by atoms with Crippen LogP contribution in [0.1, 0.15) is 77.7 Å². The number of aryl methyl sites for hydroxylation is 2. The number of aliphatic hydroxyl groups excluding tert-OH is 4. The van der Waals surface area contributed by atoms with Gasteiger partial charge in [0.05, 0.1) is 24.3 Å². The van der Waals surface area contributed by atoms with E-state index in [1.807, 2.05) is 25.1 Å². The van der Waals surface area contributed by atoms with Crippen LogP contribution in [0, 0.1) is 5.92 Å². The SMILES string of the molecule is CCc1nc[nH]c1Cc1cc(/C=C/C(=O)N2c3cc(O[C@]4(O)O[C@H](CO)[C@@H](O)[C@H](O)[C@H]4O)c(O)cc3[C@@H](C[C@]34c5ccccc5CC[C@H]3CC[C@@H]4N)[C@@H]2C(=O)O)ccc1O. The lowest BCUT2D eigenvalue weighted by molar-refractivity contribution is -0.422. The fourth-order valence-electron chi connectivity index (χ4n) is 10.2. The molecule has 60 heavy (non-hydrogen) atoms. The summed E-state index contributed by atoms with van der Waals surface area (Å²) >= 11 is 0. The second-order valence-electron chi connectivity index (χ2n) is 16.4. The lowest BCUT2D eigenvalue weighted by Crippen LogP contribution is -2.67. The highest BCUT2D eigenvalue weighted by Crippen LogP contribution is 2.59. The molecular formula is C44H50N4O12. The smallest absolute Gasteiger partial charge is 0.355 e. The van der Waals surface area contributed by atoms with Crippen molar-refractivity contribution in [1.29, 1.82) is 0 Å². The third-order valence-corrected chi connectivity index (χ3v) is 13.2. The van der Waals surface area contributed by atoms with Gasteiger partial charge in [-0.15, -0.1) is 0 Å². The number of rotatable bonds is 11. The molecule has 318 valence electrons. The first kappa shape index (κ1) is 41.4.